The summed E-state index contributed by atoms with van der Waals surface area (Å²) in [6.07, 6.45) is 1.40. The second-order valence-electron chi connectivity index (χ2n) is 4.31. The Morgan fingerprint density at radius 2 is 2.05 bits per heavy atom. The normalized spacial score (nSPS) is 10.7. The van der Waals surface area contributed by atoms with Gasteiger partial charge in [0.25, 0.3) is 0 Å². The van der Waals surface area contributed by atoms with Crippen LogP contribution in [0, 0.1) is 0 Å². The largest absolute Gasteiger partial charge is 0.482 e. The molecule has 0 spiro atoms. The second kappa shape index (κ2) is 5.64. The number of aliphatic carboxylic acids is 1. The summed E-state index contributed by atoms with van der Waals surface area (Å²) >= 11 is 0. The third kappa shape index (κ3) is 2.74. The van der Waals surface area contributed by atoms with Crippen LogP contribution in [-0.4, -0.2) is 28.8 Å². The van der Waals surface area contributed by atoms with E-state index in [2.05, 4.69) is 0 Å². The highest BCUT2D eigenvalue weighted by atomic mass is 16.5. The lowest BCUT2D eigenvalue weighted by Gasteiger charge is -2.02. The van der Waals surface area contributed by atoms with E-state index in [4.69, 9.17) is 19.4 Å². The number of rotatable bonds is 6. The van der Waals surface area contributed by atoms with Gasteiger partial charge in [-0.05, 0) is 18.6 Å². The number of furan rings is 1. The van der Waals surface area contributed by atoms with Crippen LogP contribution in [0.1, 0.15) is 29.5 Å². The minimum atomic E-state index is -1.11. The molecule has 0 atom stereocenters. The lowest BCUT2D eigenvalue weighted by atomic mass is 10.1. The number of carboxylic acids is 2. The molecule has 0 aliphatic rings. The lowest BCUT2D eigenvalue weighted by molar-refractivity contribution is -0.139. The van der Waals surface area contributed by atoms with Crippen molar-refractivity contribution in [2.45, 2.75) is 19.8 Å². The van der Waals surface area contributed by atoms with E-state index in [9.17, 15) is 9.59 Å². The number of aryl methyl sites for hydroxylation is 1. The molecule has 0 fully saturated rings. The number of hydrogen-bond acceptors (Lipinski definition) is 4. The minimum absolute atomic E-state index is 0.0720. The Labute approximate surface area is 114 Å². The van der Waals surface area contributed by atoms with E-state index in [1.165, 1.54) is 6.07 Å². The Morgan fingerprint density at radius 3 is 2.65 bits per heavy atom. The van der Waals surface area contributed by atoms with Crippen LogP contribution >= 0.6 is 0 Å². The first-order valence-corrected chi connectivity index (χ1v) is 6.16. The predicted octanol–water partition coefficient (Wildman–Crippen LogP) is 2.55. The molecule has 0 aliphatic heterocycles. The van der Waals surface area contributed by atoms with Crippen LogP contribution in [0.15, 0.2) is 22.6 Å². The van der Waals surface area contributed by atoms with Crippen molar-refractivity contribution in [2.24, 2.45) is 0 Å². The average molecular weight is 278 g/mol. The first-order chi connectivity index (χ1) is 9.52. The Kier molecular flexibility index (Phi) is 3.93. The van der Waals surface area contributed by atoms with Crippen molar-refractivity contribution in [3.63, 3.8) is 0 Å². The van der Waals surface area contributed by atoms with Gasteiger partial charge in [-0.15, -0.1) is 0 Å². The summed E-state index contributed by atoms with van der Waals surface area (Å²) in [5.74, 6) is -1.94. The van der Waals surface area contributed by atoms with Crippen LogP contribution < -0.4 is 4.74 Å². The van der Waals surface area contributed by atoms with Gasteiger partial charge in [-0.3, -0.25) is 0 Å². The Hall–Kier alpha value is -2.50. The number of fused-ring (bicyclic) bond motifs is 1. The average Bonchev–Trinajstić information content (AvgIpc) is 2.75. The van der Waals surface area contributed by atoms with Crippen molar-refractivity contribution in [2.75, 3.05) is 6.61 Å². The van der Waals surface area contributed by atoms with E-state index in [0.717, 1.165) is 6.42 Å². The molecule has 0 radical (unpaired) electrons. The fourth-order valence-electron chi connectivity index (χ4n) is 2.04. The maximum Gasteiger partial charge on any atom is 0.372 e. The molecule has 20 heavy (non-hydrogen) atoms. The van der Waals surface area contributed by atoms with Gasteiger partial charge in [0.2, 0.25) is 5.76 Å². The molecular weight excluding hydrogens is 264 g/mol. The van der Waals surface area contributed by atoms with Crippen LogP contribution in [0.2, 0.25) is 0 Å². The van der Waals surface area contributed by atoms with Crippen LogP contribution in [-0.2, 0) is 11.2 Å². The third-order valence-electron chi connectivity index (χ3n) is 2.82. The molecule has 1 heterocycles. The fraction of sp³-hybridized carbons (Fsp3) is 0.286. The molecule has 0 saturated heterocycles. The van der Waals surface area contributed by atoms with Crippen LogP contribution in [0.4, 0.5) is 0 Å². The van der Waals surface area contributed by atoms with E-state index in [-0.39, 0.29) is 5.76 Å². The minimum Gasteiger partial charge on any atom is -0.482 e. The first kappa shape index (κ1) is 13.9. The molecule has 0 unspecified atom stereocenters. The van der Waals surface area contributed by atoms with Crippen molar-refractivity contribution in [3.8, 4) is 5.75 Å². The summed E-state index contributed by atoms with van der Waals surface area (Å²) < 4.78 is 10.4. The van der Waals surface area contributed by atoms with Crippen molar-refractivity contribution in [3.05, 3.63) is 29.5 Å². The molecule has 6 nitrogen and oxygen atoms in total. The summed E-state index contributed by atoms with van der Waals surface area (Å²) in [5.41, 5.74) is 1.04. The molecule has 2 aromatic rings. The molecule has 106 valence electrons. The van der Waals surface area contributed by atoms with Gasteiger partial charge >= 0.3 is 11.9 Å². The third-order valence-corrected chi connectivity index (χ3v) is 2.82. The molecule has 1 aromatic heterocycles. The summed E-state index contributed by atoms with van der Waals surface area (Å²) in [6.45, 7) is 1.49. The number of aromatic carboxylic acids is 1. The molecule has 1 aromatic carbocycles. The van der Waals surface area contributed by atoms with Gasteiger partial charge in [0, 0.05) is 17.0 Å². The quantitative estimate of drug-likeness (QED) is 0.842. The number of benzene rings is 1. The van der Waals surface area contributed by atoms with Crippen molar-refractivity contribution >= 4 is 22.9 Å². The van der Waals surface area contributed by atoms with Crippen molar-refractivity contribution in [1.29, 1.82) is 0 Å². The Bertz CT molecular complexity index is 655. The second-order valence-corrected chi connectivity index (χ2v) is 4.31. The summed E-state index contributed by atoms with van der Waals surface area (Å²) in [5, 5.41) is 18.4. The maximum absolute atomic E-state index is 11.2. The molecule has 2 rings (SSSR count). The van der Waals surface area contributed by atoms with Gasteiger partial charge in [0.15, 0.2) is 6.61 Å². The molecule has 0 saturated carbocycles. The van der Waals surface area contributed by atoms with Gasteiger partial charge in [0.1, 0.15) is 11.3 Å². The van der Waals surface area contributed by atoms with E-state index in [1.807, 2.05) is 6.92 Å². The number of carboxylic acid groups (broad SMARTS) is 2. The van der Waals surface area contributed by atoms with Crippen LogP contribution in [0.25, 0.3) is 11.0 Å². The Balaban J connectivity index is 2.43. The van der Waals surface area contributed by atoms with Crippen molar-refractivity contribution < 1.29 is 29.0 Å². The van der Waals surface area contributed by atoms with E-state index >= 15 is 0 Å². The SMILES string of the molecule is CCCc1c(C(=O)O)oc2cc(OCC(=O)O)ccc12. The van der Waals surface area contributed by atoms with E-state index in [1.54, 1.807) is 12.1 Å². The van der Waals surface area contributed by atoms with Gasteiger partial charge in [0.05, 0.1) is 0 Å². The van der Waals surface area contributed by atoms with E-state index in [0.29, 0.717) is 28.7 Å². The number of carbonyl (C=O) groups is 2. The number of hydrogen-bond donors (Lipinski definition) is 2. The van der Waals surface area contributed by atoms with E-state index < -0.39 is 18.5 Å². The van der Waals surface area contributed by atoms with Gasteiger partial charge in [-0.25, -0.2) is 9.59 Å². The summed E-state index contributed by atoms with van der Waals surface area (Å²) in [7, 11) is 0. The highest BCUT2D eigenvalue weighted by molar-refractivity contribution is 5.95. The predicted molar refractivity (Wildman–Crippen MR) is 70.3 cm³/mol. The standard InChI is InChI=1S/C14H14O6/c1-2-3-10-9-5-4-8(19-7-12(15)16)6-11(9)20-13(10)14(17)18/h4-6H,2-3,7H2,1H3,(H,15,16)(H,17,18). The maximum atomic E-state index is 11.2. The monoisotopic (exact) mass is 278 g/mol. The fourth-order valence-corrected chi connectivity index (χ4v) is 2.04. The van der Waals surface area contributed by atoms with Crippen molar-refractivity contribution in [1.82, 2.24) is 0 Å². The smallest absolute Gasteiger partial charge is 0.372 e. The first-order valence-electron chi connectivity index (χ1n) is 6.16. The van der Waals surface area contributed by atoms with Crippen LogP contribution in [0.5, 0.6) is 5.75 Å². The van der Waals surface area contributed by atoms with Gasteiger partial charge < -0.3 is 19.4 Å². The zero-order valence-electron chi connectivity index (χ0n) is 10.9. The Morgan fingerprint density at radius 1 is 1.30 bits per heavy atom. The molecule has 0 aliphatic carbocycles. The zero-order chi connectivity index (χ0) is 14.7. The molecule has 0 bridgehead atoms. The van der Waals surface area contributed by atoms with Gasteiger partial charge in [-0.2, -0.15) is 0 Å². The number of ether oxygens (including phenoxy) is 1. The molecule has 6 heteroatoms. The highest BCUT2D eigenvalue weighted by Gasteiger charge is 2.19. The van der Waals surface area contributed by atoms with Gasteiger partial charge in [-0.1, -0.05) is 13.3 Å². The summed E-state index contributed by atoms with van der Waals surface area (Å²) in [4.78, 5) is 21.6. The highest BCUT2D eigenvalue weighted by Crippen LogP contribution is 2.30. The molecule has 2 N–H and O–H groups in total. The zero-order valence-corrected chi connectivity index (χ0v) is 10.9. The molecule has 0 amide bonds. The lowest BCUT2D eigenvalue weighted by Crippen LogP contribution is -2.09. The summed E-state index contributed by atoms with van der Waals surface area (Å²) in [6, 6.07) is 4.79. The van der Waals surface area contributed by atoms with Crippen LogP contribution in [0.3, 0.4) is 0 Å². The molecular formula is C14H14O6. The topological polar surface area (TPSA) is 97.0 Å².